The Balaban J connectivity index is 2.83. The van der Waals surface area contributed by atoms with Crippen LogP contribution in [0, 0.1) is 0 Å². The van der Waals surface area contributed by atoms with E-state index in [1.54, 1.807) is 7.11 Å². The fourth-order valence-electron chi connectivity index (χ4n) is 2.72. The summed E-state index contributed by atoms with van der Waals surface area (Å²) in [7, 11) is 3.88. The molecular formula is C16H28N2O. The Bertz CT molecular complexity index is 375. The molecule has 0 aromatic heterocycles. The van der Waals surface area contributed by atoms with Crippen molar-refractivity contribution in [2.24, 2.45) is 5.73 Å². The molecule has 0 radical (unpaired) electrons. The van der Waals surface area contributed by atoms with Crippen LogP contribution >= 0.6 is 0 Å². The van der Waals surface area contributed by atoms with E-state index in [9.17, 15) is 0 Å². The van der Waals surface area contributed by atoms with Crippen LogP contribution in [0.4, 0.5) is 0 Å². The van der Waals surface area contributed by atoms with E-state index in [-0.39, 0.29) is 5.54 Å². The van der Waals surface area contributed by atoms with Gasteiger partial charge < -0.3 is 10.5 Å². The second-order valence-electron chi connectivity index (χ2n) is 5.24. The molecule has 1 unspecified atom stereocenters. The zero-order valence-electron chi connectivity index (χ0n) is 12.8. The number of hydrogen-bond donors (Lipinski definition) is 1. The first-order valence-electron chi connectivity index (χ1n) is 7.16. The summed E-state index contributed by atoms with van der Waals surface area (Å²) in [5, 5.41) is 0. The molecule has 108 valence electrons. The third-order valence-electron chi connectivity index (χ3n) is 4.12. The summed E-state index contributed by atoms with van der Waals surface area (Å²) in [5.74, 6) is 0.913. The van der Waals surface area contributed by atoms with E-state index >= 15 is 0 Å². The third kappa shape index (κ3) is 3.95. The average molecular weight is 264 g/mol. The second kappa shape index (κ2) is 7.51. The summed E-state index contributed by atoms with van der Waals surface area (Å²) in [4.78, 5) is 2.39. The van der Waals surface area contributed by atoms with Gasteiger partial charge in [0.25, 0.3) is 0 Å². The molecule has 0 aliphatic heterocycles. The van der Waals surface area contributed by atoms with Crippen molar-refractivity contribution < 1.29 is 4.74 Å². The first-order valence-corrected chi connectivity index (χ1v) is 7.16. The first kappa shape index (κ1) is 16.0. The van der Waals surface area contributed by atoms with E-state index in [0.29, 0.717) is 6.54 Å². The Hall–Kier alpha value is -1.06. The molecule has 0 aliphatic carbocycles. The Morgan fingerprint density at radius 3 is 2.58 bits per heavy atom. The van der Waals surface area contributed by atoms with Crippen molar-refractivity contribution in [2.75, 3.05) is 20.7 Å². The fraction of sp³-hybridized carbons (Fsp3) is 0.625. The highest BCUT2D eigenvalue weighted by atomic mass is 16.5. The maximum atomic E-state index is 6.05. The monoisotopic (exact) mass is 264 g/mol. The lowest BCUT2D eigenvalue weighted by atomic mass is 9.88. The van der Waals surface area contributed by atoms with Crippen molar-refractivity contribution >= 4 is 0 Å². The largest absolute Gasteiger partial charge is 0.497 e. The van der Waals surface area contributed by atoms with Gasteiger partial charge in [-0.15, -0.1) is 0 Å². The van der Waals surface area contributed by atoms with E-state index < -0.39 is 0 Å². The van der Waals surface area contributed by atoms with Crippen molar-refractivity contribution in [2.45, 2.75) is 45.2 Å². The van der Waals surface area contributed by atoms with Gasteiger partial charge in [-0.2, -0.15) is 0 Å². The van der Waals surface area contributed by atoms with Crippen LogP contribution in [0.15, 0.2) is 24.3 Å². The van der Waals surface area contributed by atoms with Crippen LogP contribution in [0.2, 0.25) is 0 Å². The molecule has 0 bridgehead atoms. The predicted molar refractivity (Wildman–Crippen MR) is 81.4 cm³/mol. The molecule has 3 nitrogen and oxygen atoms in total. The van der Waals surface area contributed by atoms with Crippen molar-refractivity contribution in [1.29, 1.82) is 0 Å². The molecule has 0 aliphatic rings. The van der Waals surface area contributed by atoms with Gasteiger partial charge >= 0.3 is 0 Å². The van der Waals surface area contributed by atoms with Gasteiger partial charge in [0.05, 0.1) is 7.11 Å². The van der Waals surface area contributed by atoms with E-state index in [1.807, 2.05) is 12.1 Å². The zero-order chi connectivity index (χ0) is 14.3. The maximum Gasteiger partial charge on any atom is 0.119 e. The second-order valence-corrected chi connectivity index (χ2v) is 5.24. The van der Waals surface area contributed by atoms with Gasteiger partial charge in [-0.05, 0) is 37.6 Å². The van der Waals surface area contributed by atoms with E-state index in [4.69, 9.17) is 10.5 Å². The van der Waals surface area contributed by atoms with Crippen LogP contribution in [-0.2, 0) is 6.54 Å². The number of nitrogens with zero attached hydrogens (tertiary/aromatic N) is 1. The Morgan fingerprint density at radius 1 is 1.32 bits per heavy atom. The lowest BCUT2D eigenvalue weighted by molar-refractivity contribution is 0.102. The number of rotatable bonds is 8. The molecular weight excluding hydrogens is 236 g/mol. The summed E-state index contributed by atoms with van der Waals surface area (Å²) in [6.07, 6.45) is 3.38. The van der Waals surface area contributed by atoms with Gasteiger partial charge in [0, 0.05) is 18.6 Å². The van der Waals surface area contributed by atoms with Gasteiger partial charge in [-0.1, -0.05) is 32.4 Å². The van der Waals surface area contributed by atoms with E-state index in [0.717, 1.165) is 31.6 Å². The Labute approximate surface area is 117 Å². The number of nitrogens with two attached hydrogens (primary N) is 1. The molecule has 2 N–H and O–H groups in total. The quantitative estimate of drug-likeness (QED) is 0.784. The first-order chi connectivity index (χ1) is 9.11. The minimum atomic E-state index is 0.109. The Morgan fingerprint density at radius 2 is 2.05 bits per heavy atom. The summed E-state index contributed by atoms with van der Waals surface area (Å²) in [5.41, 5.74) is 7.43. The molecule has 3 heteroatoms. The van der Waals surface area contributed by atoms with Crippen molar-refractivity contribution in [3.05, 3.63) is 29.8 Å². The Kier molecular flexibility index (Phi) is 6.32. The van der Waals surface area contributed by atoms with Gasteiger partial charge in [0.1, 0.15) is 5.75 Å². The number of hydrogen-bond acceptors (Lipinski definition) is 3. The van der Waals surface area contributed by atoms with Crippen molar-refractivity contribution in [3.8, 4) is 5.75 Å². The zero-order valence-corrected chi connectivity index (χ0v) is 12.8. The highest BCUT2D eigenvalue weighted by Crippen LogP contribution is 2.25. The molecule has 0 spiro atoms. The number of methoxy groups -OCH3 is 1. The topological polar surface area (TPSA) is 38.5 Å². The SMILES string of the molecule is CCCC(CC)(CN)N(C)Cc1cccc(OC)c1. The molecule has 0 saturated heterocycles. The minimum absolute atomic E-state index is 0.109. The van der Waals surface area contributed by atoms with Gasteiger partial charge in [0.2, 0.25) is 0 Å². The lowest BCUT2D eigenvalue weighted by Gasteiger charge is -2.41. The molecule has 0 heterocycles. The lowest BCUT2D eigenvalue weighted by Crippen LogP contribution is -2.51. The van der Waals surface area contributed by atoms with Gasteiger partial charge in [-0.3, -0.25) is 4.90 Å². The standard InChI is InChI=1S/C16H28N2O/c1-5-10-16(6-2,13-17)18(3)12-14-8-7-9-15(11-14)19-4/h7-9,11H,5-6,10,12-13,17H2,1-4H3. The molecule has 1 aromatic rings. The highest BCUT2D eigenvalue weighted by Gasteiger charge is 2.30. The molecule has 0 fully saturated rings. The third-order valence-corrected chi connectivity index (χ3v) is 4.12. The van der Waals surface area contributed by atoms with Crippen molar-refractivity contribution in [1.82, 2.24) is 4.90 Å². The van der Waals surface area contributed by atoms with E-state index in [1.165, 1.54) is 5.56 Å². The summed E-state index contributed by atoms with van der Waals surface area (Å²) >= 11 is 0. The summed E-state index contributed by atoms with van der Waals surface area (Å²) in [6, 6.07) is 8.25. The van der Waals surface area contributed by atoms with Crippen LogP contribution in [0.3, 0.4) is 0 Å². The number of likely N-dealkylation sites (N-methyl/N-ethyl adjacent to an activating group) is 1. The van der Waals surface area contributed by atoms with Crippen LogP contribution in [-0.4, -0.2) is 31.1 Å². The van der Waals surface area contributed by atoms with Crippen molar-refractivity contribution in [3.63, 3.8) is 0 Å². The van der Waals surface area contributed by atoms with Crippen LogP contribution in [0.25, 0.3) is 0 Å². The molecule has 19 heavy (non-hydrogen) atoms. The predicted octanol–water partition coefficient (Wildman–Crippen LogP) is 3.03. The number of benzene rings is 1. The number of ether oxygens (including phenoxy) is 1. The minimum Gasteiger partial charge on any atom is -0.497 e. The van der Waals surface area contributed by atoms with Crippen LogP contribution in [0.5, 0.6) is 5.75 Å². The summed E-state index contributed by atoms with van der Waals surface area (Å²) < 4.78 is 5.28. The summed E-state index contributed by atoms with van der Waals surface area (Å²) in [6.45, 7) is 6.06. The average Bonchev–Trinajstić information content (AvgIpc) is 2.45. The maximum absolute atomic E-state index is 6.05. The van der Waals surface area contributed by atoms with Gasteiger partial charge in [0.15, 0.2) is 0 Å². The normalized spacial score (nSPS) is 14.4. The highest BCUT2D eigenvalue weighted by molar-refractivity contribution is 5.28. The smallest absolute Gasteiger partial charge is 0.119 e. The van der Waals surface area contributed by atoms with E-state index in [2.05, 4.69) is 37.9 Å². The van der Waals surface area contributed by atoms with Crippen LogP contribution < -0.4 is 10.5 Å². The molecule has 1 rings (SSSR count). The molecule has 0 amide bonds. The van der Waals surface area contributed by atoms with Gasteiger partial charge in [-0.25, -0.2) is 0 Å². The molecule has 1 aromatic carbocycles. The van der Waals surface area contributed by atoms with Crippen LogP contribution in [0.1, 0.15) is 38.7 Å². The molecule has 1 atom stereocenters. The molecule has 0 saturated carbocycles. The fourth-order valence-corrected chi connectivity index (χ4v) is 2.72.